The van der Waals surface area contributed by atoms with E-state index in [9.17, 15) is 4.79 Å². The van der Waals surface area contributed by atoms with E-state index >= 15 is 0 Å². The van der Waals surface area contributed by atoms with Crippen molar-refractivity contribution in [1.29, 1.82) is 0 Å². The smallest absolute Gasteiger partial charge is 0.241 e. The molecule has 0 saturated carbocycles. The van der Waals surface area contributed by atoms with Crippen LogP contribution in [0.15, 0.2) is 17.3 Å². The first-order valence-electron chi connectivity index (χ1n) is 5.96. The number of carbonyl (C=O) groups is 1. The van der Waals surface area contributed by atoms with E-state index in [2.05, 4.69) is 25.6 Å². The number of aryl methyl sites for hydroxylation is 1. The fourth-order valence-corrected chi connectivity index (χ4v) is 1.32. The van der Waals surface area contributed by atoms with Gasteiger partial charge in [-0.2, -0.15) is 0 Å². The first-order chi connectivity index (χ1) is 9.02. The SMILES string of the molecule is CN=C(NCC(=O)N(C)C)NCc1ccnc(C)n1. The number of guanidine groups is 1. The van der Waals surface area contributed by atoms with Crippen LogP contribution in [0.2, 0.25) is 0 Å². The van der Waals surface area contributed by atoms with Gasteiger partial charge in [0.05, 0.1) is 18.8 Å². The highest BCUT2D eigenvalue weighted by atomic mass is 16.2. The van der Waals surface area contributed by atoms with E-state index in [1.165, 1.54) is 4.90 Å². The van der Waals surface area contributed by atoms with Crippen molar-refractivity contribution in [2.45, 2.75) is 13.5 Å². The number of hydrogen-bond acceptors (Lipinski definition) is 4. The molecule has 1 aromatic heterocycles. The maximum absolute atomic E-state index is 11.4. The number of likely N-dealkylation sites (N-methyl/N-ethyl adjacent to an activating group) is 1. The van der Waals surface area contributed by atoms with Crippen LogP contribution < -0.4 is 10.6 Å². The summed E-state index contributed by atoms with van der Waals surface area (Å²) in [7, 11) is 5.08. The van der Waals surface area contributed by atoms with Crippen LogP contribution in [-0.2, 0) is 11.3 Å². The van der Waals surface area contributed by atoms with Gasteiger partial charge in [0.2, 0.25) is 5.91 Å². The minimum Gasteiger partial charge on any atom is -0.351 e. The number of rotatable bonds is 4. The third-order valence-corrected chi connectivity index (χ3v) is 2.40. The molecular formula is C12H20N6O. The van der Waals surface area contributed by atoms with Gasteiger partial charge in [-0.25, -0.2) is 9.97 Å². The van der Waals surface area contributed by atoms with Crippen molar-refractivity contribution in [3.05, 3.63) is 23.8 Å². The lowest BCUT2D eigenvalue weighted by atomic mass is 10.4. The predicted octanol–water partition coefficient (Wildman–Crippen LogP) is -0.462. The Bertz CT molecular complexity index is 457. The second-order valence-electron chi connectivity index (χ2n) is 4.16. The average Bonchev–Trinajstić information content (AvgIpc) is 2.38. The number of amides is 1. The van der Waals surface area contributed by atoms with Crippen LogP contribution in [0.4, 0.5) is 0 Å². The molecule has 1 rings (SSSR count). The van der Waals surface area contributed by atoms with E-state index in [0.717, 1.165) is 11.5 Å². The van der Waals surface area contributed by atoms with Gasteiger partial charge >= 0.3 is 0 Å². The van der Waals surface area contributed by atoms with Gasteiger partial charge in [-0.15, -0.1) is 0 Å². The van der Waals surface area contributed by atoms with Crippen LogP contribution in [0.25, 0.3) is 0 Å². The standard InChI is InChI=1S/C12H20N6O/c1-9-14-6-5-10(17-9)7-15-12(13-2)16-8-11(19)18(3)4/h5-6H,7-8H2,1-4H3,(H2,13,15,16). The lowest BCUT2D eigenvalue weighted by Crippen LogP contribution is -2.42. The van der Waals surface area contributed by atoms with Gasteiger partial charge in [-0.05, 0) is 13.0 Å². The molecule has 0 aliphatic heterocycles. The Morgan fingerprint density at radius 3 is 2.74 bits per heavy atom. The van der Waals surface area contributed by atoms with Gasteiger partial charge < -0.3 is 15.5 Å². The van der Waals surface area contributed by atoms with Crippen molar-refractivity contribution in [3.8, 4) is 0 Å². The third kappa shape index (κ3) is 5.33. The summed E-state index contributed by atoms with van der Waals surface area (Å²) >= 11 is 0. The summed E-state index contributed by atoms with van der Waals surface area (Å²) in [6, 6.07) is 1.83. The Labute approximate surface area is 113 Å². The van der Waals surface area contributed by atoms with Gasteiger partial charge in [0.15, 0.2) is 5.96 Å². The van der Waals surface area contributed by atoms with E-state index in [4.69, 9.17) is 0 Å². The van der Waals surface area contributed by atoms with Crippen molar-refractivity contribution >= 4 is 11.9 Å². The van der Waals surface area contributed by atoms with Crippen LogP contribution in [0, 0.1) is 6.92 Å². The molecule has 0 bridgehead atoms. The Morgan fingerprint density at radius 1 is 1.42 bits per heavy atom. The van der Waals surface area contributed by atoms with Crippen LogP contribution in [0.1, 0.15) is 11.5 Å². The first-order valence-corrected chi connectivity index (χ1v) is 5.96. The molecule has 7 heteroatoms. The second kappa shape index (κ2) is 7.30. The molecular weight excluding hydrogens is 244 g/mol. The van der Waals surface area contributed by atoms with E-state index in [-0.39, 0.29) is 12.5 Å². The molecule has 104 valence electrons. The minimum absolute atomic E-state index is 0.0131. The maximum Gasteiger partial charge on any atom is 0.241 e. The quantitative estimate of drug-likeness (QED) is 0.568. The Hall–Kier alpha value is -2.18. The second-order valence-corrected chi connectivity index (χ2v) is 4.16. The normalized spacial score (nSPS) is 11.1. The third-order valence-electron chi connectivity index (χ3n) is 2.40. The Kier molecular flexibility index (Phi) is 5.72. The minimum atomic E-state index is -0.0131. The molecule has 1 aromatic rings. The number of nitrogens with one attached hydrogen (secondary N) is 2. The van der Waals surface area contributed by atoms with Gasteiger partial charge in [0, 0.05) is 27.3 Å². The molecule has 7 nitrogen and oxygen atoms in total. The van der Waals surface area contributed by atoms with Crippen molar-refractivity contribution < 1.29 is 4.79 Å². The highest BCUT2D eigenvalue weighted by Gasteiger charge is 2.05. The van der Waals surface area contributed by atoms with Crippen LogP contribution >= 0.6 is 0 Å². The van der Waals surface area contributed by atoms with Gasteiger partial charge in [0.1, 0.15) is 5.82 Å². The summed E-state index contributed by atoms with van der Waals surface area (Å²) < 4.78 is 0. The summed E-state index contributed by atoms with van der Waals surface area (Å²) in [6.45, 7) is 2.57. The van der Waals surface area contributed by atoms with E-state index in [1.54, 1.807) is 27.3 Å². The van der Waals surface area contributed by atoms with Crippen molar-refractivity contribution in [1.82, 2.24) is 25.5 Å². The number of aromatic nitrogens is 2. The van der Waals surface area contributed by atoms with Crippen LogP contribution in [0.5, 0.6) is 0 Å². The summed E-state index contributed by atoms with van der Waals surface area (Å²) in [5, 5.41) is 6.02. The first kappa shape index (κ1) is 14.9. The summed E-state index contributed by atoms with van der Waals surface area (Å²) in [5.74, 6) is 1.28. The molecule has 19 heavy (non-hydrogen) atoms. The van der Waals surface area contributed by atoms with Crippen molar-refractivity contribution in [3.63, 3.8) is 0 Å². The molecule has 2 N–H and O–H groups in total. The summed E-state index contributed by atoms with van der Waals surface area (Å²) in [4.78, 5) is 25.3. The van der Waals surface area contributed by atoms with Gasteiger partial charge in [-0.3, -0.25) is 9.79 Å². The molecule has 0 atom stereocenters. The zero-order valence-corrected chi connectivity index (χ0v) is 11.8. The summed E-state index contributed by atoms with van der Waals surface area (Å²) in [6.07, 6.45) is 1.71. The number of hydrogen-bond donors (Lipinski definition) is 2. The van der Waals surface area contributed by atoms with Crippen LogP contribution in [0.3, 0.4) is 0 Å². The highest BCUT2D eigenvalue weighted by molar-refractivity contribution is 5.86. The van der Waals surface area contributed by atoms with E-state index < -0.39 is 0 Å². The highest BCUT2D eigenvalue weighted by Crippen LogP contribution is 1.93. The Balaban J connectivity index is 2.44. The molecule has 1 heterocycles. The predicted molar refractivity (Wildman–Crippen MR) is 73.7 cm³/mol. The average molecular weight is 264 g/mol. The topological polar surface area (TPSA) is 82.5 Å². The maximum atomic E-state index is 11.4. The Morgan fingerprint density at radius 2 is 2.16 bits per heavy atom. The molecule has 0 radical (unpaired) electrons. The lowest BCUT2D eigenvalue weighted by Gasteiger charge is -2.14. The number of aliphatic imine (C=N–C) groups is 1. The lowest BCUT2D eigenvalue weighted by molar-refractivity contribution is -0.127. The monoisotopic (exact) mass is 264 g/mol. The molecule has 0 saturated heterocycles. The zero-order valence-electron chi connectivity index (χ0n) is 11.8. The molecule has 0 unspecified atom stereocenters. The van der Waals surface area contributed by atoms with E-state index in [1.807, 2.05) is 13.0 Å². The zero-order chi connectivity index (χ0) is 14.3. The van der Waals surface area contributed by atoms with Gasteiger partial charge in [0.25, 0.3) is 0 Å². The van der Waals surface area contributed by atoms with Gasteiger partial charge in [-0.1, -0.05) is 0 Å². The molecule has 0 aliphatic rings. The molecule has 0 fully saturated rings. The number of nitrogens with zero attached hydrogens (tertiary/aromatic N) is 4. The van der Waals surface area contributed by atoms with Crippen LogP contribution in [-0.4, -0.2) is 54.4 Å². The largest absolute Gasteiger partial charge is 0.351 e. The fourth-order valence-electron chi connectivity index (χ4n) is 1.32. The van der Waals surface area contributed by atoms with Crippen molar-refractivity contribution in [2.75, 3.05) is 27.7 Å². The fraction of sp³-hybridized carbons (Fsp3) is 0.500. The van der Waals surface area contributed by atoms with E-state index in [0.29, 0.717) is 12.5 Å². The molecule has 0 aliphatic carbocycles. The summed E-state index contributed by atoms with van der Waals surface area (Å²) in [5.41, 5.74) is 0.870. The molecule has 0 spiro atoms. The van der Waals surface area contributed by atoms with Crippen molar-refractivity contribution in [2.24, 2.45) is 4.99 Å². The molecule has 0 aromatic carbocycles. The number of carbonyl (C=O) groups excluding carboxylic acids is 1. The molecule has 1 amide bonds.